The predicted octanol–water partition coefficient (Wildman–Crippen LogP) is 1.96. The molecule has 17 heavy (non-hydrogen) atoms. The molecule has 0 bridgehead atoms. The van der Waals surface area contributed by atoms with Gasteiger partial charge < -0.3 is 9.72 Å². The first kappa shape index (κ1) is 9.42. The first-order valence-corrected chi connectivity index (χ1v) is 6.25. The molecule has 0 amide bonds. The van der Waals surface area contributed by atoms with Crippen molar-refractivity contribution >= 4 is 11.2 Å². The Morgan fingerprint density at radius 3 is 3.24 bits per heavy atom. The second-order valence-corrected chi connectivity index (χ2v) is 5.09. The Balaban J connectivity index is 1.74. The van der Waals surface area contributed by atoms with Gasteiger partial charge in [0.05, 0.1) is 0 Å². The van der Waals surface area contributed by atoms with Gasteiger partial charge in [-0.05, 0) is 48.1 Å². The molecule has 4 rings (SSSR count). The normalized spacial score (nSPS) is 27.4. The molecule has 2 aromatic heterocycles. The van der Waals surface area contributed by atoms with Crippen LogP contribution in [0, 0.1) is 11.8 Å². The third-order valence-corrected chi connectivity index (χ3v) is 4.05. The summed E-state index contributed by atoms with van der Waals surface area (Å²) in [6, 6.07) is 4.30. The summed E-state index contributed by atoms with van der Waals surface area (Å²) in [7, 11) is 0. The smallest absolute Gasteiger partial charge is 0.136 e. The molecular formula is C14H15N3. The van der Waals surface area contributed by atoms with Crippen LogP contribution in [0.5, 0.6) is 0 Å². The molecule has 1 N–H and O–H groups in total. The minimum atomic E-state index is 0.753. The van der Waals surface area contributed by atoms with Crippen LogP contribution in [0.1, 0.15) is 12.0 Å². The zero-order valence-electron chi connectivity index (χ0n) is 9.63. The molecule has 1 saturated heterocycles. The Hall–Kier alpha value is -1.61. The van der Waals surface area contributed by atoms with E-state index in [0.717, 1.165) is 24.0 Å². The number of fused-ring (bicyclic) bond motifs is 2. The van der Waals surface area contributed by atoms with E-state index in [1.165, 1.54) is 24.1 Å². The Morgan fingerprint density at radius 2 is 2.29 bits per heavy atom. The van der Waals surface area contributed by atoms with E-state index >= 15 is 0 Å². The number of hydrogen-bond acceptors (Lipinski definition) is 2. The van der Waals surface area contributed by atoms with E-state index in [-0.39, 0.29) is 0 Å². The van der Waals surface area contributed by atoms with Crippen molar-refractivity contribution in [2.24, 2.45) is 11.8 Å². The maximum Gasteiger partial charge on any atom is 0.136 e. The van der Waals surface area contributed by atoms with Crippen molar-refractivity contribution in [1.82, 2.24) is 14.7 Å². The fraction of sp³-hybridized carbons (Fsp3) is 0.357. The number of allylic oxidation sites excluding steroid dienone is 1. The minimum Gasteiger partial charge on any atom is -0.316 e. The van der Waals surface area contributed by atoms with E-state index in [1.807, 2.05) is 12.4 Å². The Labute approximate surface area is 100 Å². The van der Waals surface area contributed by atoms with Crippen LogP contribution in [0.2, 0.25) is 0 Å². The first-order valence-electron chi connectivity index (χ1n) is 6.25. The van der Waals surface area contributed by atoms with Crippen molar-refractivity contribution in [2.75, 3.05) is 13.1 Å². The van der Waals surface area contributed by atoms with Crippen LogP contribution < -0.4 is 5.32 Å². The third-order valence-electron chi connectivity index (χ3n) is 4.05. The monoisotopic (exact) mass is 225 g/mol. The number of imidazole rings is 1. The van der Waals surface area contributed by atoms with Gasteiger partial charge >= 0.3 is 0 Å². The van der Waals surface area contributed by atoms with Gasteiger partial charge in [-0.3, -0.25) is 0 Å². The number of rotatable bonds is 1. The number of nitrogens with one attached hydrogen (secondary N) is 1. The Bertz CT molecular complexity index is 596. The highest BCUT2D eigenvalue weighted by molar-refractivity contribution is 5.69. The molecule has 1 fully saturated rings. The number of aromatic nitrogens is 2. The molecule has 0 radical (unpaired) electrons. The summed E-state index contributed by atoms with van der Waals surface area (Å²) in [6.07, 6.45) is 9.74. The van der Waals surface area contributed by atoms with E-state index < -0.39 is 0 Å². The van der Waals surface area contributed by atoms with Crippen LogP contribution in [0.15, 0.2) is 36.8 Å². The molecule has 0 unspecified atom stereocenters. The lowest BCUT2D eigenvalue weighted by atomic mass is 9.99. The van der Waals surface area contributed by atoms with Gasteiger partial charge in [0.1, 0.15) is 5.65 Å². The molecule has 2 atom stereocenters. The highest BCUT2D eigenvalue weighted by Crippen LogP contribution is 2.38. The second kappa shape index (κ2) is 3.44. The van der Waals surface area contributed by atoms with Crippen molar-refractivity contribution in [1.29, 1.82) is 0 Å². The summed E-state index contributed by atoms with van der Waals surface area (Å²) in [5.41, 5.74) is 3.89. The molecule has 0 spiro atoms. The number of pyridine rings is 1. The lowest BCUT2D eigenvalue weighted by molar-refractivity contribution is 0.536. The van der Waals surface area contributed by atoms with Crippen molar-refractivity contribution in [3.63, 3.8) is 0 Å². The average molecular weight is 225 g/mol. The lowest BCUT2D eigenvalue weighted by Crippen LogP contribution is -2.09. The summed E-state index contributed by atoms with van der Waals surface area (Å²) in [4.78, 5) is 4.28. The van der Waals surface area contributed by atoms with E-state index in [1.54, 1.807) is 0 Å². The van der Waals surface area contributed by atoms with Crippen LogP contribution in [-0.4, -0.2) is 22.5 Å². The third kappa shape index (κ3) is 1.42. The van der Waals surface area contributed by atoms with Crippen LogP contribution in [-0.2, 0) is 0 Å². The summed E-state index contributed by atoms with van der Waals surface area (Å²) in [6.45, 7) is 2.33. The maximum atomic E-state index is 4.28. The van der Waals surface area contributed by atoms with Gasteiger partial charge in [0.2, 0.25) is 0 Å². The van der Waals surface area contributed by atoms with Gasteiger partial charge in [-0.15, -0.1) is 0 Å². The van der Waals surface area contributed by atoms with Gasteiger partial charge in [0.25, 0.3) is 0 Å². The summed E-state index contributed by atoms with van der Waals surface area (Å²) < 4.78 is 2.10. The highest BCUT2D eigenvalue weighted by Gasteiger charge is 2.31. The van der Waals surface area contributed by atoms with Gasteiger partial charge in [0.15, 0.2) is 0 Å². The van der Waals surface area contributed by atoms with Crippen LogP contribution >= 0.6 is 0 Å². The van der Waals surface area contributed by atoms with E-state index in [4.69, 9.17) is 0 Å². The van der Waals surface area contributed by atoms with Gasteiger partial charge in [0, 0.05) is 25.1 Å². The van der Waals surface area contributed by atoms with Gasteiger partial charge in [-0.1, -0.05) is 6.08 Å². The molecule has 2 aliphatic rings. The zero-order valence-corrected chi connectivity index (χ0v) is 9.63. The molecule has 3 heterocycles. The quantitative estimate of drug-likeness (QED) is 0.804. The molecular weight excluding hydrogens is 210 g/mol. The summed E-state index contributed by atoms with van der Waals surface area (Å²) >= 11 is 0. The fourth-order valence-electron chi connectivity index (χ4n) is 3.10. The van der Waals surface area contributed by atoms with E-state index in [9.17, 15) is 0 Å². The summed E-state index contributed by atoms with van der Waals surface area (Å²) in [5, 5.41) is 3.46. The molecule has 0 aromatic carbocycles. The molecule has 3 nitrogen and oxygen atoms in total. The van der Waals surface area contributed by atoms with Crippen molar-refractivity contribution in [3.05, 3.63) is 42.4 Å². The molecule has 3 heteroatoms. The number of hydrogen-bond donors (Lipinski definition) is 1. The highest BCUT2D eigenvalue weighted by atomic mass is 15.0. The molecule has 1 aliphatic heterocycles. The van der Waals surface area contributed by atoms with Crippen LogP contribution in [0.25, 0.3) is 11.2 Å². The van der Waals surface area contributed by atoms with Crippen LogP contribution in [0.4, 0.5) is 0 Å². The SMILES string of the molecule is C1=C(c2ccc3nccn3c2)C[C@@H]2CNC[C@H]12. The first-order chi connectivity index (χ1) is 8.40. The summed E-state index contributed by atoms with van der Waals surface area (Å²) in [5.74, 6) is 1.58. The lowest BCUT2D eigenvalue weighted by Gasteiger charge is -2.07. The largest absolute Gasteiger partial charge is 0.316 e. The van der Waals surface area contributed by atoms with Gasteiger partial charge in [-0.25, -0.2) is 4.98 Å². The van der Waals surface area contributed by atoms with E-state index in [0.29, 0.717) is 0 Å². The van der Waals surface area contributed by atoms with Gasteiger partial charge in [-0.2, -0.15) is 0 Å². The standard InChI is InChI=1S/C14H15N3/c1-2-14-16-3-4-17(14)9-10(1)11-5-12-7-15-8-13(12)6-11/h1-5,9,12-13,15H,6-8H2/t12-,13+/m0/s1. The van der Waals surface area contributed by atoms with E-state index in [2.05, 4.69) is 39.1 Å². The molecule has 2 aromatic rings. The molecule has 1 aliphatic carbocycles. The van der Waals surface area contributed by atoms with Crippen LogP contribution in [0.3, 0.4) is 0 Å². The predicted molar refractivity (Wildman–Crippen MR) is 67.6 cm³/mol. The Kier molecular flexibility index (Phi) is 1.91. The fourth-order valence-corrected chi connectivity index (χ4v) is 3.10. The number of nitrogens with zero attached hydrogens (tertiary/aromatic N) is 2. The maximum absolute atomic E-state index is 4.28. The topological polar surface area (TPSA) is 29.3 Å². The second-order valence-electron chi connectivity index (χ2n) is 5.09. The average Bonchev–Trinajstić information content (AvgIpc) is 3.02. The minimum absolute atomic E-state index is 0.753. The Morgan fingerprint density at radius 1 is 1.29 bits per heavy atom. The van der Waals surface area contributed by atoms with Crippen molar-refractivity contribution in [2.45, 2.75) is 6.42 Å². The van der Waals surface area contributed by atoms with Crippen molar-refractivity contribution in [3.8, 4) is 0 Å². The molecule has 86 valence electrons. The zero-order chi connectivity index (χ0) is 11.2. The molecule has 0 saturated carbocycles. The van der Waals surface area contributed by atoms with Crippen molar-refractivity contribution < 1.29 is 0 Å².